The second-order valence-corrected chi connectivity index (χ2v) is 4.78. The van der Waals surface area contributed by atoms with E-state index in [-0.39, 0.29) is 5.82 Å². The molecule has 19 heavy (non-hydrogen) atoms. The SMILES string of the molecule is Cc1cc(F)ccc1[C@@H](N)[C@@H](O)Cc1ccccc1. The summed E-state index contributed by atoms with van der Waals surface area (Å²) in [5.41, 5.74) is 8.64. The van der Waals surface area contributed by atoms with Gasteiger partial charge >= 0.3 is 0 Å². The summed E-state index contributed by atoms with van der Waals surface area (Å²) in [5, 5.41) is 10.2. The zero-order valence-electron chi connectivity index (χ0n) is 10.9. The smallest absolute Gasteiger partial charge is 0.123 e. The van der Waals surface area contributed by atoms with E-state index in [9.17, 15) is 9.50 Å². The third-order valence-electron chi connectivity index (χ3n) is 3.29. The van der Waals surface area contributed by atoms with E-state index >= 15 is 0 Å². The van der Waals surface area contributed by atoms with E-state index < -0.39 is 12.1 Å². The molecule has 0 unspecified atom stereocenters. The van der Waals surface area contributed by atoms with E-state index in [0.717, 1.165) is 16.7 Å². The monoisotopic (exact) mass is 259 g/mol. The molecule has 0 saturated carbocycles. The minimum absolute atomic E-state index is 0.286. The van der Waals surface area contributed by atoms with Gasteiger partial charge in [0.2, 0.25) is 0 Å². The standard InChI is InChI=1S/C16H18FNO/c1-11-9-13(17)7-8-14(11)16(18)15(19)10-12-5-3-2-4-6-12/h2-9,15-16,19H,10,18H2,1H3/t15-,16+/m0/s1. The van der Waals surface area contributed by atoms with Crippen molar-refractivity contribution in [3.63, 3.8) is 0 Å². The quantitative estimate of drug-likeness (QED) is 0.887. The van der Waals surface area contributed by atoms with E-state index in [0.29, 0.717) is 6.42 Å². The predicted molar refractivity (Wildman–Crippen MR) is 74.2 cm³/mol. The van der Waals surface area contributed by atoms with Crippen molar-refractivity contribution in [2.24, 2.45) is 5.73 Å². The Hall–Kier alpha value is -1.71. The van der Waals surface area contributed by atoms with Gasteiger partial charge in [0, 0.05) is 6.42 Å². The lowest BCUT2D eigenvalue weighted by Gasteiger charge is -2.21. The second-order valence-electron chi connectivity index (χ2n) is 4.78. The van der Waals surface area contributed by atoms with Crippen molar-refractivity contribution < 1.29 is 9.50 Å². The lowest BCUT2D eigenvalue weighted by Crippen LogP contribution is -2.28. The van der Waals surface area contributed by atoms with Crippen LogP contribution in [0, 0.1) is 12.7 Å². The largest absolute Gasteiger partial charge is 0.391 e. The molecule has 2 aromatic rings. The molecule has 2 nitrogen and oxygen atoms in total. The van der Waals surface area contributed by atoms with Crippen molar-refractivity contribution in [1.29, 1.82) is 0 Å². The normalized spacial score (nSPS) is 14.1. The Morgan fingerprint density at radius 1 is 1.16 bits per heavy atom. The summed E-state index contributed by atoms with van der Waals surface area (Å²) >= 11 is 0. The summed E-state index contributed by atoms with van der Waals surface area (Å²) in [4.78, 5) is 0. The van der Waals surface area contributed by atoms with Crippen LogP contribution in [0.25, 0.3) is 0 Å². The van der Waals surface area contributed by atoms with Gasteiger partial charge in [0.1, 0.15) is 5.82 Å². The molecule has 3 N–H and O–H groups in total. The van der Waals surface area contributed by atoms with Crippen LogP contribution in [0.2, 0.25) is 0 Å². The fraction of sp³-hybridized carbons (Fsp3) is 0.250. The number of aryl methyl sites for hydroxylation is 1. The first-order chi connectivity index (χ1) is 9.08. The summed E-state index contributed by atoms with van der Waals surface area (Å²) in [6.45, 7) is 1.80. The van der Waals surface area contributed by atoms with Crippen molar-refractivity contribution in [3.05, 3.63) is 71.0 Å². The molecule has 2 atom stereocenters. The van der Waals surface area contributed by atoms with Crippen LogP contribution in [-0.4, -0.2) is 11.2 Å². The molecule has 0 bridgehead atoms. The Kier molecular flexibility index (Phi) is 4.30. The highest BCUT2D eigenvalue weighted by molar-refractivity contribution is 5.30. The van der Waals surface area contributed by atoms with Crippen molar-refractivity contribution in [2.75, 3.05) is 0 Å². The molecular weight excluding hydrogens is 241 g/mol. The van der Waals surface area contributed by atoms with Gasteiger partial charge in [-0.15, -0.1) is 0 Å². The number of aliphatic hydroxyl groups excluding tert-OH is 1. The Morgan fingerprint density at radius 2 is 1.84 bits per heavy atom. The first kappa shape index (κ1) is 13.7. The highest BCUT2D eigenvalue weighted by Crippen LogP contribution is 2.21. The lowest BCUT2D eigenvalue weighted by atomic mass is 9.94. The fourth-order valence-electron chi connectivity index (χ4n) is 2.20. The van der Waals surface area contributed by atoms with E-state index in [1.807, 2.05) is 30.3 Å². The van der Waals surface area contributed by atoms with Crippen LogP contribution in [0.1, 0.15) is 22.7 Å². The molecule has 0 heterocycles. The summed E-state index contributed by atoms with van der Waals surface area (Å²) in [5.74, 6) is -0.286. The van der Waals surface area contributed by atoms with Crippen LogP contribution in [0.15, 0.2) is 48.5 Å². The van der Waals surface area contributed by atoms with Gasteiger partial charge in [-0.1, -0.05) is 36.4 Å². The van der Waals surface area contributed by atoms with Gasteiger partial charge < -0.3 is 10.8 Å². The summed E-state index contributed by atoms with van der Waals surface area (Å²) in [7, 11) is 0. The molecule has 100 valence electrons. The molecule has 3 heteroatoms. The van der Waals surface area contributed by atoms with E-state index in [1.165, 1.54) is 12.1 Å². The molecule has 0 spiro atoms. The van der Waals surface area contributed by atoms with Gasteiger partial charge in [0.05, 0.1) is 12.1 Å². The maximum atomic E-state index is 13.1. The molecular formula is C16H18FNO. The molecule has 2 aromatic carbocycles. The summed E-state index contributed by atoms with van der Waals surface area (Å²) in [6.07, 6.45) is -0.203. The molecule has 0 aromatic heterocycles. The molecule has 0 amide bonds. The first-order valence-corrected chi connectivity index (χ1v) is 6.31. The minimum Gasteiger partial charge on any atom is -0.391 e. The maximum absolute atomic E-state index is 13.1. The van der Waals surface area contributed by atoms with Gasteiger partial charge in [-0.3, -0.25) is 0 Å². The molecule has 0 aliphatic heterocycles. The number of rotatable bonds is 4. The Bertz CT molecular complexity index is 542. The third-order valence-corrected chi connectivity index (χ3v) is 3.29. The second kappa shape index (κ2) is 5.95. The zero-order chi connectivity index (χ0) is 13.8. The van der Waals surface area contributed by atoms with Gasteiger partial charge in [0.25, 0.3) is 0 Å². The van der Waals surface area contributed by atoms with Crippen molar-refractivity contribution in [3.8, 4) is 0 Å². The molecule has 0 saturated heterocycles. The average Bonchev–Trinajstić information content (AvgIpc) is 2.39. The van der Waals surface area contributed by atoms with Crippen LogP contribution in [0.5, 0.6) is 0 Å². The highest BCUT2D eigenvalue weighted by Gasteiger charge is 2.19. The van der Waals surface area contributed by atoms with Crippen molar-refractivity contribution in [2.45, 2.75) is 25.5 Å². The van der Waals surface area contributed by atoms with Crippen molar-refractivity contribution >= 4 is 0 Å². The zero-order valence-corrected chi connectivity index (χ0v) is 10.9. The number of hydrogen-bond acceptors (Lipinski definition) is 2. The Morgan fingerprint density at radius 3 is 2.47 bits per heavy atom. The molecule has 0 fully saturated rings. The first-order valence-electron chi connectivity index (χ1n) is 6.31. The van der Waals surface area contributed by atoms with E-state index in [2.05, 4.69) is 0 Å². The molecule has 2 rings (SSSR count). The van der Waals surface area contributed by atoms with Crippen molar-refractivity contribution in [1.82, 2.24) is 0 Å². The summed E-state index contributed by atoms with van der Waals surface area (Å²) < 4.78 is 13.1. The van der Waals surface area contributed by atoms with Gasteiger partial charge in [-0.05, 0) is 35.7 Å². The van der Waals surface area contributed by atoms with E-state index in [1.54, 1.807) is 13.0 Å². The summed E-state index contributed by atoms with van der Waals surface area (Å²) in [6, 6.07) is 13.6. The maximum Gasteiger partial charge on any atom is 0.123 e. The highest BCUT2D eigenvalue weighted by atomic mass is 19.1. The Balaban J connectivity index is 2.12. The topological polar surface area (TPSA) is 46.2 Å². The predicted octanol–water partition coefficient (Wildman–Crippen LogP) is 2.74. The minimum atomic E-state index is -0.688. The molecule has 0 aliphatic rings. The van der Waals surface area contributed by atoms with Crippen LogP contribution in [0.4, 0.5) is 4.39 Å². The molecule has 0 aliphatic carbocycles. The fourth-order valence-corrected chi connectivity index (χ4v) is 2.20. The molecule has 0 radical (unpaired) electrons. The third kappa shape index (κ3) is 3.40. The van der Waals surface area contributed by atoms with Crippen LogP contribution in [-0.2, 0) is 6.42 Å². The number of hydrogen-bond donors (Lipinski definition) is 2. The van der Waals surface area contributed by atoms with Crippen LogP contribution in [0.3, 0.4) is 0 Å². The number of nitrogens with two attached hydrogens (primary N) is 1. The number of halogens is 1. The van der Waals surface area contributed by atoms with E-state index in [4.69, 9.17) is 5.73 Å². The lowest BCUT2D eigenvalue weighted by molar-refractivity contribution is 0.145. The van der Waals surface area contributed by atoms with Gasteiger partial charge in [-0.2, -0.15) is 0 Å². The van der Waals surface area contributed by atoms with Gasteiger partial charge in [0.15, 0.2) is 0 Å². The average molecular weight is 259 g/mol. The van der Waals surface area contributed by atoms with Gasteiger partial charge in [-0.25, -0.2) is 4.39 Å². The number of aliphatic hydroxyl groups is 1. The van der Waals surface area contributed by atoms with Crippen LogP contribution < -0.4 is 5.73 Å². The Labute approximate surface area is 112 Å². The number of benzene rings is 2. The van der Waals surface area contributed by atoms with Crippen LogP contribution >= 0.6 is 0 Å².